The van der Waals surface area contributed by atoms with E-state index in [4.69, 9.17) is 14.2 Å². The summed E-state index contributed by atoms with van der Waals surface area (Å²) in [6, 6.07) is -0.563. The van der Waals surface area contributed by atoms with Crippen LogP contribution in [-0.2, 0) is 23.8 Å². The molecule has 4 rings (SSSR count). The predicted octanol–water partition coefficient (Wildman–Crippen LogP) is 2.18. The van der Waals surface area contributed by atoms with Gasteiger partial charge >= 0.3 is 0 Å². The maximum absolute atomic E-state index is 12.4. The summed E-state index contributed by atoms with van der Waals surface area (Å²) in [6.07, 6.45) is 9.12. The Bertz CT molecular complexity index is 726. The number of hydrogen-bond acceptors (Lipinski definition) is 6. The van der Waals surface area contributed by atoms with Crippen molar-refractivity contribution in [2.45, 2.75) is 102 Å². The molecule has 30 heavy (non-hydrogen) atoms. The van der Waals surface area contributed by atoms with Crippen LogP contribution in [-0.4, -0.2) is 59.1 Å². The smallest absolute Gasteiger partial charge is 0.244 e. The minimum Gasteiger partial charge on any atom is -0.366 e. The van der Waals surface area contributed by atoms with Crippen LogP contribution >= 0.6 is 0 Å². The zero-order valence-electron chi connectivity index (χ0n) is 18.0. The highest BCUT2D eigenvalue weighted by Gasteiger charge is 2.79. The quantitative estimate of drug-likeness (QED) is 0.257. The molecule has 1 unspecified atom stereocenters. The van der Waals surface area contributed by atoms with Crippen LogP contribution < -0.4 is 5.32 Å². The van der Waals surface area contributed by atoms with Crippen molar-refractivity contribution in [3.8, 4) is 0 Å². The molecule has 1 amide bonds. The van der Waals surface area contributed by atoms with Crippen molar-refractivity contribution in [1.29, 1.82) is 0 Å². The largest absolute Gasteiger partial charge is 0.366 e. The fourth-order valence-corrected chi connectivity index (χ4v) is 4.93. The van der Waals surface area contributed by atoms with Gasteiger partial charge in [-0.05, 0) is 19.3 Å². The van der Waals surface area contributed by atoms with Crippen molar-refractivity contribution in [3.05, 3.63) is 23.8 Å². The van der Waals surface area contributed by atoms with Crippen molar-refractivity contribution in [2.75, 3.05) is 0 Å². The first-order valence-electron chi connectivity index (χ1n) is 11.2. The number of rotatable bonds is 9. The molecule has 0 bridgehead atoms. The highest BCUT2D eigenvalue weighted by Crippen LogP contribution is 2.57. The van der Waals surface area contributed by atoms with Gasteiger partial charge in [0.05, 0.1) is 6.04 Å². The molecule has 0 aromatic heterocycles. The molecule has 0 aromatic carbocycles. The highest BCUT2D eigenvalue weighted by molar-refractivity contribution is 5.94. The van der Waals surface area contributed by atoms with Crippen LogP contribution in [0, 0.1) is 5.92 Å². The van der Waals surface area contributed by atoms with Crippen molar-refractivity contribution in [3.63, 3.8) is 0 Å². The number of allylic oxidation sites excluding steroid dienone is 3. The summed E-state index contributed by atoms with van der Waals surface area (Å²) >= 11 is 0. The third-order valence-corrected chi connectivity index (χ3v) is 6.62. The molecule has 4 fully saturated rings. The lowest BCUT2D eigenvalue weighted by Crippen LogP contribution is -2.49. The molecule has 3 aliphatic heterocycles. The Morgan fingerprint density at radius 1 is 1.23 bits per heavy atom. The van der Waals surface area contributed by atoms with Gasteiger partial charge in [0.1, 0.15) is 30.0 Å². The normalized spacial score (nSPS) is 40.4. The van der Waals surface area contributed by atoms with Gasteiger partial charge in [-0.15, -0.1) is 0 Å². The summed E-state index contributed by atoms with van der Waals surface area (Å²) in [5.41, 5.74) is 0.204. The van der Waals surface area contributed by atoms with Gasteiger partial charge in [0, 0.05) is 12.5 Å². The lowest BCUT2D eigenvalue weighted by Gasteiger charge is -2.26. The number of amides is 1. The zero-order chi connectivity index (χ0) is 21.5. The zero-order valence-corrected chi connectivity index (χ0v) is 18.0. The number of ether oxygens (including phenoxy) is 3. The van der Waals surface area contributed by atoms with Crippen molar-refractivity contribution < 1.29 is 28.9 Å². The van der Waals surface area contributed by atoms with E-state index >= 15 is 0 Å². The molecule has 3 saturated heterocycles. The summed E-state index contributed by atoms with van der Waals surface area (Å²) in [5, 5.41) is 13.2. The number of Topliss-reactive ketones (excluding diaryl/α,β-unsaturated/α-hetero) is 1. The summed E-state index contributed by atoms with van der Waals surface area (Å²) in [6.45, 7) is 6.40. The Labute approximate surface area is 177 Å². The molecular formula is C23H33NO6. The average molecular weight is 420 g/mol. The van der Waals surface area contributed by atoms with E-state index in [0.717, 1.165) is 12.0 Å². The van der Waals surface area contributed by atoms with Crippen LogP contribution in [0.4, 0.5) is 0 Å². The number of ketones is 1. The highest BCUT2D eigenvalue weighted by atomic mass is 16.7. The molecule has 1 saturated carbocycles. The number of fused-ring (bicyclic) bond motifs is 4. The van der Waals surface area contributed by atoms with E-state index in [0.29, 0.717) is 12.3 Å². The molecule has 3 heterocycles. The van der Waals surface area contributed by atoms with Crippen molar-refractivity contribution in [1.82, 2.24) is 5.32 Å². The lowest BCUT2D eigenvalue weighted by atomic mass is 9.81. The first kappa shape index (κ1) is 21.7. The van der Waals surface area contributed by atoms with Gasteiger partial charge in [0.25, 0.3) is 0 Å². The van der Waals surface area contributed by atoms with E-state index in [1.165, 1.54) is 31.8 Å². The maximum atomic E-state index is 12.4. The van der Waals surface area contributed by atoms with Gasteiger partial charge in [0.2, 0.25) is 5.91 Å². The Kier molecular flexibility index (Phi) is 6.17. The second-order valence-electron chi connectivity index (χ2n) is 9.21. The van der Waals surface area contributed by atoms with E-state index in [1.54, 1.807) is 6.08 Å². The van der Waals surface area contributed by atoms with Crippen molar-refractivity contribution >= 4 is 11.7 Å². The monoisotopic (exact) mass is 419 g/mol. The summed E-state index contributed by atoms with van der Waals surface area (Å²) in [4.78, 5) is 24.3. The fourth-order valence-electron chi connectivity index (χ4n) is 4.93. The van der Waals surface area contributed by atoms with E-state index in [9.17, 15) is 14.7 Å². The van der Waals surface area contributed by atoms with Crippen LogP contribution in [0.15, 0.2) is 23.8 Å². The molecule has 2 N–H and O–H groups in total. The van der Waals surface area contributed by atoms with E-state index in [1.807, 2.05) is 6.92 Å². The van der Waals surface area contributed by atoms with Crippen LogP contribution in [0.3, 0.4) is 0 Å². The van der Waals surface area contributed by atoms with Gasteiger partial charge in [-0.3, -0.25) is 9.59 Å². The molecular weight excluding hydrogens is 386 g/mol. The number of hydrogen-bond donors (Lipinski definition) is 2. The Morgan fingerprint density at radius 3 is 2.60 bits per heavy atom. The standard InChI is InChI=1S/C23H33NO6/c1-4-5-6-7-8-13(2)11-14(3)9-10-16(25)24-15-12-23(30-22(15)27)20-18(28-20)17(26)19-21(23)29-19/h9-11,13,15,18-22,27H,4-8,12H2,1-3H3,(H,24,25)/b10-9-,14-11+/t13-,15+,18-,19+,20-,21+,22-,23?/m0/s1. The van der Waals surface area contributed by atoms with Crippen LogP contribution in [0.1, 0.15) is 59.3 Å². The molecule has 0 aromatic rings. The maximum Gasteiger partial charge on any atom is 0.244 e. The summed E-state index contributed by atoms with van der Waals surface area (Å²) in [7, 11) is 0. The molecule has 7 heteroatoms. The first-order chi connectivity index (χ1) is 14.4. The number of aliphatic hydroxyl groups is 1. The second kappa shape index (κ2) is 8.54. The van der Waals surface area contributed by atoms with Crippen molar-refractivity contribution in [2.24, 2.45) is 5.92 Å². The number of carbonyl (C=O) groups is 2. The minimum atomic E-state index is -1.15. The van der Waals surface area contributed by atoms with E-state index in [-0.39, 0.29) is 23.9 Å². The number of carbonyl (C=O) groups excluding carboxylic acids is 2. The molecule has 8 atom stereocenters. The van der Waals surface area contributed by atoms with E-state index < -0.39 is 30.1 Å². The number of unbranched alkanes of at least 4 members (excludes halogenated alkanes) is 3. The molecule has 1 spiro atoms. The molecule has 7 nitrogen and oxygen atoms in total. The molecule has 4 aliphatic rings. The predicted molar refractivity (Wildman–Crippen MR) is 110 cm³/mol. The van der Waals surface area contributed by atoms with E-state index in [2.05, 4.69) is 25.2 Å². The SMILES string of the molecule is CCCCCC[C@H](C)/C=C(C)/C=C\C(=O)N[C@@H]1CC2(O[C@@H]1O)[C@@H]1O[C@@H]1C(=O)[C@@H]1O[C@@H]12. The molecule has 166 valence electrons. The Balaban J connectivity index is 1.26. The summed E-state index contributed by atoms with van der Waals surface area (Å²) in [5.74, 6) is 0.161. The fraction of sp³-hybridized carbons (Fsp3) is 0.739. The van der Waals surface area contributed by atoms with Gasteiger partial charge in [-0.25, -0.2) is 0 Å². The third kappa shape index (κ3) is 4.26. The minimum absolute atomic E-state index is 0.0361. The van der Waals surface area contributed by atoms with Crippen LogP contribution in [0.25, 0.3) is 0 Å². The Hall–Kier alpha value is -1.54. The van der Waals surface area contributed by atoms with Crippen LogP contribution in [0.2, 0.25) is 0 Å². The molecule has 0 radical (unpaired) electrons. The number of epoxide rings is 2. The second-order valence-corrected chi connectivity index (χ2v) is 9.21. The summed E-state index contributed by atoms with van der Waals surface area (Å²) < 4.78 is 16.8. The third-order valence-electron chi connectivity index (χ3n) is 6.62. The lowest BCUT2D eigenvalue weighted by molar-refractivity contribution is -0.159. The van der Waals surface area contributed by atoms with Gasteiger partial charge in [-0.2, -0.15) is 0 Å². The topological polar surface area (TPSA) is 101 Å². The average Bonchev–Trinajstić information content (AvgIpc) is 3.60. The van der Waals surface area contributed by atoms with Gasteiger partial charge in [0.15, 0.2) is 12.1 Å². The molecule has 1 aliphatic carbocycles. The number of aliphatic hydroxyl groups excluding tert-OH is 1. The number of nitrogens with one attached hydrogen (secondary N) is 1. The van der Waals surface area contributed by atoms with Gasteiger partial charge in [-0.1, -0.05) is 57.3 Å². The first-order valence-corrected chi connectivity index (χ1v) is 11.2. The Morgan fingerprint density at radius 2 is 1.93 bits per heavy atom. The van der Waals surface area contributed by atoms with Crippen LogP contribution in [0.5, 0.6) is 0 Å². The van der Waals surface area contributed by atoms with Gasteiger partial charge < -0.3 is 24.6 Å².